The quantitative estimate of drug-likeness (QED) is 0.541. The lowest BCUT2D eigenvalue weighted by Gasteiger charge is -2.12. The summed E-state index contributed by atoms with van der Waals surface area (Å²) in [6, 6.07) is 11.4. The highest BCUT2D eigenvalue weighted by atomic mass is 19.4. The van der Waals surface area contributed by atoms with Crippen molar-refractivity contribution in [3.63, 3.8) is 0 Å². The molecule has 0 spiro atoms. The first-order chi connectivity index (χ1) is 13.3. The molecule has 0 atom stereocenters. The lowest BCUT2D eigenvalue weighted by Crippen LogP contribution is -2.05. The average molecular weight is 389 g/mol. The molecule has 0 unspecified atom stereocenters. The van der Waals surface area contributed by atoms with Crippen LogP contribution in [0.4, 0.5) is 13.2 Å². The second-order valence-corrected chi connectivity index (χ2v) is 5.97. The van der Waals surface area contributed by atoms with Crippen LogP contribution < -0.4 is 4.74 Å². The number of carbonyl (C=O) groups excluding carboxylic acids is 1. The fourth-order valence-electron chi connectivity index (χ4n) is 2.79. The van der Waals surface area contributed by atoms with Crippen LogP contribution in [0.5, 0.6) is 5.75 Å². The Bertz CT molecular complexity index is 998. The van der Waals surface area contributed by atoms with Crippen molar-refractivity contribution in [3.8, 4) is 17.0 Å². The minimum absolute atomic E-state index is 0.250. The van der Waals surface area contributed by atoms with E-state index in [2.05, 4.69) is 4.98 Å². The van der Waals surface area contributed by atoms with E-state index >= 15 is 0 Å². The summed E-state index contributed by atoms with van der Waals surface area (Å²) < 4.78 is 49.1. The SMILES string of the molecule is CCOC(=O)c1ccc2c(OCC)cc(-c3ccc(C(F)(F)F)cc3)nc2c1. The van der Waals surface area contributed by atoms with Gasteiger partial charge in [-0.15, -0.1) is 0 Å². The third kappa shape index (κ3) is 4.08. The second kappa shape index (κ2) is 7.88. The summed E-state index contributed by atoms with van der Waals surface area (Å²) in [7, 11) is 0. The van der Waals surface area contributed by atoms with Gasteiger partial charge in [0.1, 0.15) is 5.75 Å². The summed E-state index contributed by atoms with van der Waals surface area (Å²) in [6.07, 6.45) is -4.40. The molecule has 0 N–H and O–H groups in total. The van der Waals surface area contributed by atoms with Crippen molar-refractivity contribution in [3.05, 3.63) is 59.7 Å². The van der Waals surface area contributed by atoms with E-state index in [-0.39, 0.29) is 6.61 Å². The Labute approximate surface area is 159 Å². The number of halogens is 3. The number of hydrogen-bond donors (Lipinski definition) is 0. The summed E-state index contributed by atoms with van der Waals surface area (Å²) >= 11 is 0. The highest BCUT2D eigenvalue weighted by molar-refractivity contribution is 5.96. The molecule has 0 aliphatic heterocycles. The van der Waals surface area contributed by atoms with E-state index in [0.29, 0.717) is 40.1 Å². The zero-order valence-electron chi connectivity index (χ0n) is 15.3. The zero-order valence-corrected chi connectivity index (χ0v) is 15.3. The Morgan fingerprint density at radius 2 is 1.71 bits per heavy atom. The third-order valence-electron chi connectivity index (χ3n) is 4.09. The Kier molecular flexibility index (Phi) is 5.53. The normalized spacial score (nSPS) is 11.5. The van der Waals surface area contributed by atoms with Gasteiger partial charge in [-0.25, -0.2) is 9.78 Å². The van der Waals surface area contributed by atoms with E-state index in [9.17, 15) is 18.0 Å². The minimum Gasteiger partial charge on any atom is -0.493 e. The molecule has 1 aromatic heterocycles. The van der Waals surface area contributed by atoms with Gasteiger partial charge in [-0.1, -0.05) is 12.1 Å². The third-order valence-corrected chi connectivity index (χ3v) is 4.09. The average Bonchev–Trinajstić information content (AvgIpc) is 2.67. The van der Waals surface area contributed by atoms with E-state index in [1.807, 2.05) is 6.92 Å². The first kappa shape index (κ1) is 19.7. The minimum atomic E-state index is -4.40. The van der Waals surface area contributed by atoms with Crippen molar-refractivity contribution in [1.82, 2.24) is 4.98 Å². The van der Waals surface area contributed by atoms with Crippen LogP contribution in [-0.2, 0) is 10.9 Å². The molecule has 3 rings (SSSR count). The van der Waals surface area contributed by atoms with Gasteiger partial charge in [0.25, 0.3) is 0 Å². The van der Waals surface area contributed by atoms with E-state index in [0.717, 1.165) is 12.1 Å². The van der Waals surface area contributed by atoms with E-state index in [1.165, 1.54) is 12.1 Å². The molecular weight excluding hydrogens is 371 g/mol. The van der Waals surface area contributed by atoms with Gasteiger partial charge in [-0.05, 0) is 44.2 Å². The van der Waals surface area contributed by atoms with Gasteiger partial charge in [0, 0.05) is 17.0 Å². The van der Waals surface area contributed by atoms with Crippen molar-refractivity contribution in [2.75, 3.05) is 13.2 Å². The summed E-state index contributed by atoms with van der Waals surface area (Å²) in [5.41, 5.74) is 1.06. The van der Waals surface area contributed by atoms with Gasteiger partial charge in [-0.3, -0.25) is 0 Å². The van der Waals surface area contributed by atoms with Crippen molar-refractivity contribution >= 4 is 16.9 Å². The Morgan fingerprint density at radius 1 is 1.00 bits per heavy atom. The molecule has 2 aromatic carbocycles. The van der Waals surface area contributed by atoms with Crippen LogP contribution in [0.15, 0.2) is 48.5 Å². The molecular formula is C21H18F3NO3. The van der Waals surface area contributed by atoms with Crippen LogP contribution in [0.1, 0.15) is 29.8 Å². The zero-order chi connectivity index (χ0) is 20.3. The van der Waals surface area contributed by atoms with E-state index < -0.39 is 17.7 Å². The molecule has 0 amide bonds. The Hall–Kier alpha value is -3.09. The number of pyridine rings is 1. The van der Waals surface area contributed by atoms with Crippen LogP contribution in [0.25, 0.3) is 22.2 Å². The van der Waals surface area contributed by atoms with Gasteiger partial charge in [0.2, 0.25) is 0 Å². The monoisotopic (exact) mass is 389 g/mol. The van der Waals surface area contributed by atoms with Gasteiger partial charge >= 0.3 is 12.1 Å². The maximum Gasteiger partial charge on any atom is 0.416 e. The Morgan fingerprint density at radius 3 is 2.32 bits per heavy atom. The standard InChI is InChI=1S/C21H18F3NO3/c1-3-27-19-12-17(13-5-8-15(9-6-13)21(22,23)24)25-18-11-14(7-10-16(18)19)20(26)28-4-2/h5-12H,3-4H2,1-2H3. The number of alkyl halides is 3. The molecule has 146 valence electrons. The maximum atomic E-state index is 12.8. The molecule has 0 saturated heterocycles. The predicted octanol–water partition coefficient (Wildman–Crippen LogP) is 5.50. The number of ether oxygens (including phenoxy) is 2. The molecule has 4 nitrogen and oxygen atoms in total. The highest BCUT2D eigenvalue weighted by Crippen LogP contribution is 2.33. The lowest BCUT2D eigenvalue weighted by atomic mass is 10.1. The van der Waals surface area contributed by atoms with Crippen LogP contribution in [0.2, 0.25) is 0 Å². The first-order valence-corrected chi connectivity index (χ1v) is 8.75. The number of rotatable bonds is 5. The fraction of sp³-hybridized carbons (Fsp3) is 0.238. The molecule has 28 heavy (non-hydrogen) atoms. The maximum absolute atomic E-state index is 12.8. The molecule has 0 saturated carbocycles. The van der Waals surface area contributed by atoms with Gasteiger partial charge in [0.05, 0.1) is 35.6 Å². The number of nitrogens with zero attached hydrogens (tertiary/aromatic N) is 1. The molecule has 1 heterocycles. The summed E-state index contributed by atoms with van der Waals surface area (Å²) in [5.74, 6) is 0.0712. The van der Waals surface area contributed by atoms with E-state index in [1.54, 1.807) is 31.2 Å². The van der Waals surface area contributed by atoms with Crippen LogP contribution in [0, 0.1) is 0 Å². The van der Waals surface area contributed by atoms with Crippen molar-refractivity contribution in [2.24, 2.45) is 0 Å². The molecule has 3 aromatic rings. The largest absolute Gasteiger partial charge is 0.493 e. The van der Waals surface area contributed by atoms with Crippen LogP contribution in [-0.4, -0.2) is 24.2 Å². The van der Waals surface area contributed by atoms with Gasteiger partial charge in [0.15, 0.2) is 0 Å². The number of esters is 1. The Balaban J connectivity index is 2.10. The second-order valence-electron chi connectivity index (χ2n) is 5.97. The highest BCUT2D eigenvalue weighted by Gasteiger charge is 2.30. The number of carbonyl (C=O) groups is 1. The summed E-state index contributed by atoms with van der Waals surface area (Å²) in [4.78, 5) is 16.5. The molecule has 0 bridgehead atoms. The predicted molar refractivity (Wildman–Crippen MR) is 99.3 cm³/mol. The summed E-state index contributed by atoms with van der Waals surface area (Å²) in [6.45, 7) is 4.20. The fourth-order valence-corrected chi connectivity index (χ4v) is 2.79. The number of aromatic nitrogens is 1. The molecule has 7 heteroatoms. The van der Waals surface area contributed by atoms with Crippen LogP contribution >= 0.6 is 0 Å². The van der Waals surface area contributed by atoms with Crippen molar-refractivity contribution < 1.29 is 27.4 Å². The molecule has 0 aliphatic carbocycles. The smallest absolute Gasteiger partial charge is 0.416 e. The number of benzene rings is 2. The van der Waals surface area contributed by atoms with Gasteiger partial charge in [-0.2, -0.15) is 13.2 Å². The van der Waals surface area contributed by atoms with Gasteiger partial charge < -0.3 is 9.47 Å². The van der Waals surface area contributed by atoms with E-state index in [4.69, 9.17) is 9.47 Å². The van der Waals surface area contributed by atoms with Crippen molar-refractivity contribution in [1.29, 1.82) is 0 Å². The number of hydrogen-bond acceptors (Lipinski definition) is 4. The lowest BCUT2D eigenvalue weighted by molar-refractivity contribution is -0.137. The summed E-state index contributed by atoms with van der Waals surface area (Å²) in [5, 5.41) is 0.700. The molecule has 0 aliphatic rings. The molecule has 0 radical (unpaired) electrons. The first-order valence-electron chi connectivity index (χ1n) is 8.75. The topological polar surface area (TPSA) is 48.4 Å². The molecule has 0 fully saturated rings. The number of fused-ring (bicyclic) bond motifs is 1. The van der Waals surface area contributed by atoms with Crippen molar-refractivity contribution in [2.45, 2.75) is 20.0 Å². The van der Waals surface area contributed by atoms with Crippen LogP contribution in [0.3, 0.4) is 0 Å².